The van der Waals surface area contributed by atoms with E-state index in [4.69, 9.17) is 0 Å². The van der Waals surface area contributed by atoms with E-state index in [1.807, 2.05) is 6.07 Å². The number of carbonyl (C=O) groups excluding carboxylic acids is 1. The first kappa shape index (κ1) is 11.8. The summed E-state index contributed by atoms with van der Waals surface area (Å²) in [6.45, 7) is 2.24. The number of Topliss-reactive ketones (excluding diaryl/α,β-unsaturated/α-hetero) is 1. The molecule has 0 aromatic heterocycles. The zero-order valence-electron chi connectivity index (χ0n) is 10.9. The van der Waals surface area contributed by atoms with Crippen LogP contribution in [0.1, 0.15) is 50.2 Å². The molecule has 2 aliphatic rings. The molecule has 0 aliphatic heterocycles. The van der Waals surface area contributed by atoms with Crippen LogP contribution in [-0.4, -0.2) is 10.9 Å². The molecular weight excluding hydrogens is 224 g/mol. The second-order valence-corrected chi connectivity index (χ2v) is 5.83. The third-order valence-corrected chi connectivity index (χ3v) is 5.12. The highest BCUT2D eigenvalue weighted by molar-refractivity contribution is 5.80. The SMILES string of the molecule is CCC12CCC(=O)CC1CCc1cc(O)ccc12. The van der Waals surface area contributed by atoms with E-state index in [-0.39, 0.29) is 5.41 Å². The van der Waals surface area contributed by atoms with Crippen LogP contribution in [0.15, 0.2) is 18.2 Å². The minimum absolute atomic E-state index is 0.190. The van der Waals surface area contributed by atoms with Gasteiger partial charge in [0.15, 0.2) is 0 Å². The molecule has 0 saturated heterocycles. The zero-order chi connectivity index (χ0) is 12.8. The van der Waals surface area contributed by atoms with Gasteiger partial charge in [0, 0.05) is 12.8 Å². The minimum Gasteiger partial charge on any atom is -0.508 e. The summed E-state index contributed by atoms with van der Waals surface area (Å²) in [6.07, 6.45) is 5.67. The number of aryl methyl sites for hydroxylation is 1. The quantitative estimate of drug-likeness (QED) is 0.822. The number of hydrogen-bond acceptors (Lipinski definition) is 2. The van der Waals surface area contributed by atoms with Crippen molar-refractivity contribution in [2.24, 2.45) is 5.92 Å². The van der Waals surface area contributed by atoms with E-state index < -0.39 is 0 Å². The van der Waals surface area contributed by atoms with Gasteiger partial charge in [0.25, 0.3) is 0 Å². The third-order valence-electron chi connectivity index (χ3n) is 5.12. The Labute approximate surface area is 108 Å². The number of fused-ring (bicyclic) bond motifs is 3. The topological polar surface area (TPSA) is 37.3 Å². The molecule has 96 valence electrons. The predicted molar refractivity (Wildman–Crippen MR) is 70.7 cm³/mol. The minimum atomic E-state index is 0.190. The Morgan fingerprint density at radius 3 is 3.00 bits per heavy atom. The largest absolute Gasteiger partial charge is 0.508 e. The average Bonchev–Trinajstić information content (AvgIpc) is 2.38. The molecular formula is C16H20O2. The summed E-state index contributed by atoms with van der Waals surface area (Å²) in [6, 6.07) is 5.81. The lowest BCUT2D eigenvalue weighted by atomic mass is 9.56. The first-order valence-corrected chi connectivity index (χ1v) is 7.00. The summed E-state index contributed by atoms with van der Waals surface area (Å²) >= 11 is 0. The molecule has 0 radical (unpaired) electrons. The van der Waals surface area contributed by atoms with Gasteiger partial charge in [-0.15, -0.1) is 0 Å². The zero-order valence-corrected chi connectivity index (χ0v) is 10.9. The summed E-state index contributed by atoms with van der Waals surface area (Å²) < 4.78 is 0. The second kappa shape index (κ2) is 4.11. The Hall–Kier alpha value is -1.31. The van der Waals surface area contributed by atoms with Gasteiger partial charge < -0.3 is 5.11 Å². The smallest absolute Gasteiger partial charge is 0.133 e. The van der Waals surface area contributed by atoms with Gasteiger partial charge in [0.1, 0.15) is 11.5 Å². The molecule has 0 spiro atoms. The molecule has 2 heteroatoms. The van der Waals surface area contributed by atoms with Gasteiger partial charge in [0.2, 0.25) is 0 Å². The molecule has 18 heavy (non-hydrogen) atoms. The van der Waals surface area contributed by atoms with Crippen LogP contribution in [0.25, 0.3) is 0 Å². The van der Waals surface area contributed by atoms with Crippen LogP contribution in [-0.2, 0) is 16.6 Å². The second-order valence-electron chi connectivity index (χ2n) is 5.83. The fourth-order valence-electron chi connectivity index (χ4n) is 4.13. The van der Waals surface area contributed by atoms with Gasteiger partial charge >= 0.3 is 0 Å². The molecule has 2 aliphatic carbocycles. The Kier molecular flexibility index (Phi) is 2.69. The highest BCUT2D eigenvalue weighted by atomic mass is 16.3. The lowest BCUT2D eigenvalue weighted by Gasteiger charge is -2.48. The molecule has 2 atom stereocenters. The summed E-state index contributed by atoms with van der Waals surface area (Å²) in [4.78, 5) is 11.7. The first-order chi connectivity index (χ1) is 8.65. The van der Waals surface area contributed by atoms with Crippen LogP contribution in [0.2, 0.25) is 0 Å². The van der Waals surface area contributed by atoms with Crippen molar-refractivity contribution in [1.29, 1.82) is 0 Å². The molecule has 1 aromatic rings. The van der Waals surface area contributed by atoms with Crippen molar-refractivity contribution in [3.8, 4) is 5.75 Å². The number of phenolic OH excluding ortho intramolecular Hbond substituents is 1. The summed E-state index contributed by atoms with van der Waals surface area (Å²) in [7, 11) is 0. The van der Waals surface area contributed by atoms with Crippen molar-refractivity contribution in [2.75, 3.05) is 0 Å². The van der Waals surface area contributed by atoms with Gasteiger partial charge in [-0.05, 0) is 60.3 Å². The van der Waals surface area contributed by atoms with E-state index in [0.29, 0.717) is 17.5 Å². The third kappa shape index (κ3) is 1.58. The van der Waals surface area contributed by atoms with Crippen LogP contribution >= 0.6 is 0 Å². The van der Waals surface area contributed by atoms with Crippen molar-refractivity contribution >= 4 is 5.78 Å². The lowest BCUT2D eigenvalue weighted by molar-refractivity contribution is -0.123. The number of hydrogen-bond donors (Lipinski definition) is 1. The van der Waals surface area contributed by atoms with Crippen molar-refractivity contribution in [2.45, 2.75) is 50.9 Å². The summed E-state index contributed by atoms with van der Waals surface area (Å²) in [5, 5.41) is 9.63. The van der Waals surface area contributed by atoms with Crippen LogP contribution in [0.5, 0.6) is 5.75 Å². The molecule has 2 unspecified atom stereocenters. The Bertz CT molecular complexity index is 492. The predicted octanol–water partition coefficient (Wildman–Crippen LogP) is 3.36. The Balaban J connectivity index is 2.10. The van der Waals surface area contributed by atoms with Crippen molar-refractivity contribution in [3.05, 3.63) is 29.3 Å². The maximum atomic E-state index is 11.7. The van der Waals surface area contributed by atoms with E-state index in [1.165, 1.54) is 11.1 Å². The number of phenols is 1. The molecule has 0 bridgehead atoms. The van der Waals surface area contributed by atoms with Crippen molar-refractivity contribution < 1.29 is 9.90 Å². The number of carbonyl (C=O) groups is 1. The van der Waals surface area contributed by atoms with Gasteiger partial charge in [0.05, 0.1) is 0 Å². The van der Waals surface area contributed by atoms with Gasteiger partial charge in [-0.2, -0.15) is 0 Å². The number of benzene rings is 1. The van der Waals surface area contributed by atoms with E-state index in [1.54, 1.807) is 6.07 Å². The molecule has 0 amide bonds. The molecule has 1 fully saturated rings. The van der Waals surface area contributed by atoms with Crippen molar-refractivity contribution in [1.82, 2.24) is 0 Å². The highest BCUT2D eigenvalue weighted by Gasteiger charge is 2.46. The van der Waals surface area contributed by atoms with Gasteiger partial charge in [-0.3, -0.25) is 4.79 Å². The highest BCUT2D eigenvalue weighted by Crippen LogP contribution is 2.51. The van der Waals surface area contributed by atoms with E-state index in [0.717, 1.165) is 38.5 Å². The standard InChI is InChI=1S/C16H20O2/c1-2-16-8-7-14(18)10-12(16)4-3-11-9-13(17)5-6-15(11)16/h5-6,9,12,17H,2-4,7-8,10H2,1H3. The number of ketones is 1. The molecule has 0 heterocycles. The fraction of sp³-hybridized carbons (Fsp3) is 0.562. The summed E-state index contributed by atoms with van der Waals surface area (Å²) in [5.74, 6) is 1.32. The normalized spacial score (nSPS) is 30.7. The molecule has 1 aromatic carbocycles. The molecule has 1 saturated carbocycles. The van der Waals surface area contributed by atoms with Crippen LogP contribution < -0.4 is 0 Å². The Morgan fingerprint density at radius 1 is 1.39 bits per heavy atom. The maximum absolute atomic E-state index is 11.7. The lowest BCUT2D eigenvalue weighted by Crippen LogP contribution is -2.43. The van der Waals surface area contributed by atoms with Crippen LogP contribution in [0.4, 0.5) is 0 Å². The Morgan fingerprint density at radius 2 is 2.22 bits per heavy atom. The van der Waals surface area contributed by atoms with Crippen LogP contribution in [0.3, 0.4) is 0 Å². The van der Waals surface area contributed by atoms with Crippen molar-refractivity contribution in [3.63, 3.8) is 0 Å². The number of rotatable bonds is 1. The number of aromatic hydroxyl groups is 1. The van der Waals surface area contributed by atoms with Gasteiger partial charge in [-0.25, -0.2) is 0 Å². The molecule has 3 rings (SSSR count). The van der Waals surface area contributed by atoms with Gasteiger partial charge in [-0.1, -0.05) is 13.0 Å². The van der Waals surface area contributed by atoms with E-state index >= 15 is 0 Å². The van der Waals surface area contributed by atoms with E-state index in [9.17, 15) is 9.90 Å². The molecule has 1 N–H and O–H groups in total. The monoisotopic (exact) mass is 244 g/mol. The average molecular weight is 244 g/mol. The first-order valence-electron chi connectivity index (χ1n) is 7.00. The van der Waals surface area contributed by atoms with E-state index in [2.05, 4.69) is 13.0 Å². The van der Waals surface area contributed by atoms with Crippen LogP contribution in [0, 0.1) is 5.92 Å². The fourth-order valence-corrected chi connectivity index (χ4v) is 4.13. The summed E-state index contributed by atoms with van der Waals surface area (Å²) in [5.41, 5.74) is 2.88. The molecule has 2 nitrogen and oxygen atoms in total. The maximum Gasteiger partial charge on any atom is 0.133 e.